The lowest BCUT2D eigenvalue weighted by Gasteiger charge is -2.10. The molecule has 2 aromatic rings. The van der Waals surface area contributed by atoms with Gasteiger partial charge in [-0.15, -0.1) is 0 Å². The Bertz CT molecular complexity index is 497. The van der Waals surface area contributed by atoms with Gasteiger partial charge in [-0.25, -0.2) is 4.39 Å². The number of ether oxygens (including phenoxy) is 1. The van der Waals surface area contributed by atoms with Crippen LogP contribution in [0, 0.1) is 5.82 Å². The quantitative estimate of drug-likeness (QED) is 0.883. The number of hydrogen-bond acceptors (Lipinski definition) is 3. The molecule has 0 aliphatic heterocycles. The Hall–Kier alpha value is -1.88. The van der Waals surface area contributed by atoms with Gasteiger partial charge in [-0.3, -0.25) is 4.68 Å². The van der Waals surface area contributed by atoms with Crippen molar-refractivity contribution in [2.45, 2.75) is 19.5 Å². The van der Waals surface area contributed by atoms with E-state index in [2.05, 4.69) is 5.10 Å². The lowest BCUT2D eigenvalue weighted by molar-refractivity contribution is 0.290. The van der Waals surface area contributed by atoms with E-state index < -0.39 is 0 Å². The summed E-state index contributed by atoms with van der Waals surface area (Å²) >= 11 is 0. The van der Waals surface area contributed by atoms with Crippen LogP contribution in [0.15, 0.2) is 36.7 Å². The second kappa shape index (κ2) is 5.64. The van der Waals surface area contributed by atoms with Crippen LogP contribution in [0.2, 0.25) is 0 Å². The largest absolute Gasteiger partial charge is 0.492 e. The van der Waals surface area contributed by atoms with Crippen LogP contribution in [-0.4, -0.2) is 16.4 Å². The molecule has 1 aromatic heterocycles. The minimum absolute atomic E-state index is 0.317. The normalized spacial score (nSPS) is 12.4. The fraction of sp³-hybridized carbons (Fsp3) is 0.308. The summed E-state index contributed by atoms with van der Waals surface area (Å²) in [4.78, 5) is 0. The number of aromatic nitrogens is 2. The van der Waals surface area contributed by atoms with Crippen molar-refractivity contribution >= 4 is 0 Å². The van der Waals surface area contributed by atoms with Gasteiger partial charge >= 0.3 is 0 Å². The highest BCUT2D eigenvalue weighted by molar-refractivity contribution is 5.30. The predicted octanol–water partition coefficient (Wildman–Crippen LogP) is 2.12. The highest BCUT2D eigenvalue weighted by Gasteiger charge is 2.07. The van der Waals surface area contributed by atoms with E-state index in [0.29, 0.717) is 24.5 Å². The van der Waals surface area contributed by atoms with Crippen molar-refractivity contribution in [2.75, 3.05) is 6.61 Å². The van der Waals surface area contributed by atoms with Crippen LogP contribution >= 0.6 is 0 Å². The molecule has 0 radical (unpaired) electrons. The van der Waals surface area contributed by atoms with Crippen molar-refractivity contribution in [1.82, 2.24) is 9.78 Å². The molecule has 1 heterocycles. The van der Waals surface area contributed by atoms with Crippen molar-refractivity contribution in [3.05, 3.63) is 48.0 Å². The average Bonchev–Trinajstić information content (AvgIpc) is 2.81. The van der Waals surface area contributed by atoms with Crippen molar-refractivity contribution in [3.8, 4) is 5.75 Å². The Morgan fingerprint density at radius 3 is 2.94 bits per heavy atom. The molecular formula is C13H16FN3O. The summed E-state index contributed by atoms with van der Waals surface area (Å²) in [5, 5.41) is 4.05. The Morgan fingerprint density at radius 2 is 2.33 bits per heavy atom. The predicted molar refractivity (Wildman–Crippen MR) is 66.7 cm³/mol. The Morgan fingerprint density at radius 1 is 1.50 bits per heavy atom. The number of rotatable bonds is 5. The van der Waals surface area contributed by atoms with Crippen LogP contribution in [0.4, 0.5) is 4.39 Å². The van der Waals surface area contributed by atoms with Crippen LogP contribution < -0.4 is 10.5 Å². The van der Waals surface area contributed by atoms with Crippen molar-refractivity contribution in [1.29, 1.82) is 0 Å². The number of nitrogens with zero attached hydrogens (tertiary/aromatic N) is 2. The van der Waals surface area contributed by atoms with Gasteiger partial charge in [0.15, 0.2) is 0 Å². The molecule has 4 nitrogen and oxygen atoms in total. The second-order valence-electron chi connectivity index (χ2n) is 4.09. The van der Waals surface area contributed by atoms with Gasteiger partial charge in [0.1, 0.15) is 18.2 Å². The minimum Gasteiger partial charge on any atom is -0.492 e. The van der Waals surface area contributed by atoms with Crippen LogP contribution in [0.5, 0.6) is 5.75 Å². The van der Waals surface area contributed by atoms with Crippen molar-refractivity contribution in [2.24, 2.45) is 5.73 Å². The second-order valence-corrected chi connectivity index (χ2v) is 4.09. The maximum atomic E-state index is 13.6. The first-order valence-electron chi connectivity index (χ1n) is 5.82. The lowest BCUT2D eigenvalue weighted by atomic mass is 10.1. The average molecular weight is 249 g/mol. The molecule has 96 valence electrons. The molecule has 1 aromatic carbocycles. The molecule has 1 unspecified atom stereocenters. The maximum Gasteiger partial charge on any atom is 0.131 e. The van der Waals surface area contributed by atoms with Gasteiger partial charge in [0.05, 0.1) is 6.54 Å². The summed E-state index contributed by atoms with van der Waals surface area (Å²) < 4.78 is 20.8. The lowest BCUT2D eigenvalue weighted by Crippen LogP contribution is -2.10. The van der Waals surface area contributed by atoms with E-state index in [0.717, 1.165) is 0 Å². The van der Waals surface area contributed by atoms with E-state index in [4.69, 9.17) is 10.5 Å². The number of halogens is 1. The van der Waals surface area contributed by atoms with E-state index in [-0.39, 0.29) is 11.9 Å². The Balaban J connectivity index is 1.92. The van der Waals surface area contributed by atoms with Crippen LogP contribution in [0.3, 0.4) is 0 Å². The van der Waals surface area contributed by atoms with Gasteiger partial charge in [-0.2, -0.15) is 5.10 Å². The third-order valence-corrected chi connectivity index (χ3v) is 2.61. The summed E-state index contributed by atoms with van der Waals surface area (Å²) in [6, 6.07) is 6.27. The zero-order valence-corrected chi connectivity index (χ0v) is 10.2. The third kappa shape index (κ3) is 3.07. The van der Waals surface area contributed by atoms with E-state index >= 15 is 0 Å². The van der Waals surface area contributed by atoms with Gasteiger partial charge in [-0.05, 0) is 19.1 Å². The summed E-state index contributed by atoms with van der Waals surface area (Å²) in [5.74, 6) is 0.172. The zero-order chi connectivity index (χ0) is 13.0. The summed E-state index contributed by atoms with van der Waals surface area (Å²) in [7, 11) is 0. The molecule has 0 saturated carbocycles. The van der Waals surface area contributed by atoms with E-state index in [1.54, 1.807) is 29.9 Å². The standard InChI is InChI=1S/C13H16FN3O/c1-10(15)12-4-3-11(9-13(12)14)18-8-7-17-6-2-5-16-17/h2-6,9-10H,7-8,15H2,1H3. The molecule has 0 amide bonds. The Labute approximate surface area is 105 Å². The maximum absolute atomic E-state index is 13.6. The molecule has 2 N–H and O–H groups in total. The summed E-state index contributed by atoms with van der Waals surface area (Å²) in [5.41, 5.74) is 6.13. The van der Waals surface area contributed by atoms with Crippen molar-refractivity contribution in [3.63, 3.8) is 0 Å². The SMILES string of the molecule is CC(N)c1ccc(OCCn2cccn2)cc1F. The van der Waals surface area contributed by atoms with Gasteiger partial charge in [0, 0.05) is 30.1 Å². The molecule has 0 spiro atoms. The van der Waals surface area contributed by atoms with E-state index in [1.165, 1.54) is 6.07 Å². The molecule has 0 bridgehead atoms. The molecule has 0 aliphatic carbocycles. The first-order valence-corrected chi connectivity index (χ1v) is 5.82. The first-order chi connectivity index (χ1) is 8.66. The minimum atomic E-state index is -0.332. The first kappa shape index (κ1) is 12.6. The summed E-state index contributed by atoms with van der Waals surface area (Å²) in [6.07, 6.45) is 3.56. The van der Waals surface area contributed by atoms with Gasteiger partial charge in [0.25, 0.3) is 0 Å². The topological polar surface area (TPSA) is 53.1 Å². The van der Waals surface area contributed by atoms with E-state index in [1.807, 2.05) is 12.3 Å². The smallest absolute Gasteiger partial charge is 0.131 e. The van der Waals surface area contributed by atoms with Crippen LogP contribution in [0.25, 0.3) is 0 Å². The highest BCUT2D eigenvalue weighted by atomic mass is 19.1. The highest BCUT2D eigenvalue weighted by Crippen LogP contribution is 2.20. The molecule has 5 heteroatoms. The van der Waals surface area contributed by atoms with Gasteiger partial charge in [-0.1, -0.05) is 6.07 Å². The number of benzene rings is 1. The van der Waals surface area contributed by atoms with Crippen molar-refractivity contribution < 1.29 is 9.13 Å². The molecule has 0 aliphatic rings. The molecule has 0 saturated heterocycles. The molecule has 0 fully saturated rings. The molecule has 18 heavy (non-hydrogen) atoms. The van der Waals surface area contributed by atoms with Crippen LogP contribution in [-0.2, 0) is 6.54 Å². The molecular weight excluding hydrogens is 233 g/mol. The summed E-state index contributed by atoms with van der Waals surface area (Å²) in [6.45, 7) is 2.82. The number of hydrogen-bond donors (Lipinski definition) is 1. The fourth-order valence-electron chi connectivity index (χ4n) is 1.66. The van der Waals surface area contributed by atoms with Gasteiger partial charge < -0.3 is 10.5 Å². The Kier molecular flexibility index (Phi) is 3.94. The van der Waals surface area contributed by atoms with Gasteiger partial charge in [0.2, 0.25) is 0 Å². The van der Waals surface area contributed by atoms with Crippen LogP contribution in [0.1, 0.15) is 18.5 Å². The molecule has 1 atom stereocenters. The monoisotopic (exact) mass is 249 g/mol. The fourth-order valence-corrected chi connectivity index (χ4v) is 1.66. The third-order valence-electron chi connectivity index (χ3n) is 2.61. The zero-order valence-electron chi connectivity index (χ0n) is 10.2. The number of nitrogens with two attached hydrogens (primary N) is 1. The molecule has 2 rings (SSSR count). The van der Waals surface area contributed by atoms with E-state index in [9.17, 15) is 4.39 Å².